The number of amides is 2. The van der Waals surface area contributed by atoms with Crippen LogP contribution in [-0.4, -0.2) is 102 Å². The first-order valence-electron chi connectivity index (χ1n) is 14.1. The first-order valence-corrected chi connectivity index (χ1v) is 14.1. The van der Waals surface area contributed by atoms with Gasteiger partial charge in [-0.1, -0.05) is 6.58 Å². The van der Waals surface area contributed by atoms with Gasteiger partial charge in [-0.25, -0.2) is 9.59 Å². The molecular weight excluding hydrogens is 516 g/mol. The summed E-state index contributed by atoms with van der Waals surface area (Å²) in [4.78, 5) is 38.8. The smallest absolute Gasteiger partial charge is 0.411 e. The van der Waals surface area contributed by atoms with E-state index in [1.54, 1.807) is 25.7 Å². The van der Waals surface area contributed by atoms with E-state index in [1.165, 1.54) is 17.7 Å². The van der Waals surface area contributed by atoms with Crippen molar-refractivity contribution in [2.75, 3.05) is 46.1 Å². The van der Waals surface area contributed by atoms with E-state index in [1.807, 2.05) is 48.5 Å². The van der Waals surface area contributed by atoms with Crippen molar-refractivity contribution in [2.24, 2.45) is 0 Å². The van der Waals surface area contributed by atoms with Crippen molar-refractivity contribution in [3.05, 3.63) is 12.2 Å². The first-order chi connectivity index (χ1) is 18.1. The average molecular weight is 571 g/mol. The second kappa shape index (κ2) is 14.6. The molecule has 3 heterocycles. The number of rotatable bonds is 0. The summed E-state index contributed by atoms with van der Waals surface area (Å²) >= 11 is 0. The minimum Gasteiger partial charge on any atom is -0.444 e. The van der Waals surface area contributed by atoms with Gasteiger partial charge in [-0.15, -0.1) is 0 Å². The van der Waals surface area contributed by atoms with E-state index in [4.69, 9.17) is 23.7 Å². The molecule has 2 amide bonds. The van der Waals surface area contributed by atoms with Crippen LogP contribution in [0.3, 0.4) is 0 Å². The van der Waals surface area contributed by atoms with E-state index in [0.29, 0.717) is 32.5 Å². The van der Waals surface area contributed by atoms with Gasteiger partial charge in [0.15, 0.2) is 5.78 Å². The van der Waals surface area contributed by atoms with Gasteiger partial charge < -0.3 is 23.7 Å². The van der Waals surface area contributed by atoms with E-state index in [0.717, 1.165) is 12.2 Å². The Morgan fingerprint density at radius 2 is 1.30 bits per heavy atom. The van der Waals surface area contributed by atoms with Crippen molar-refractivity contribution in [3.63, 3.8) is 0 Å². The van der Waals surface area contributed by atoms with Gasteiger partial charge in [-0.05, 0) is 94.6 Å². The molecule has 3 aliphatic heterocycles. The number of nitrogens with zero attached hydrogens (tertiary/aromatic N) is 2. The van der Waals surface area contributed by atoms with Crippen molar-refractivity contribution in [3.8, 4) is 0 Å². The molecule has 0 saturated carbocycles. The second-order valence-electron chi connectivity index (χ2n) is 13.9. The van der Waals surface area contributed by atoms with Gasteiger partial charge in [0.25, 0.3) is 0 Å². The van der Waals surface area contributed by atoms with Crippen LogP contribution in [-0.2, 0) is 28.5 Å². The number of hydrogen-bond acceptors (Lipinski definition) is 8. The van der Waals surface area contributed by atoms with Gasteiger partial charge in [-0.2, -0.15) is 0 Å². The molecule has 0 radical (unpaired) electrons. The Kier molecular flexibility index (Phi) is 13.1. The third kappa shape index (κ3) is 13.5. The van der Waals surface area contributed by atoms with Gasteiger partial charge in [0, 0.05) is 13.2 Å². The normalized spacial score (nSPS) is 23.0. The molecule has 3 aliphatic rings. The largest absolute Gasteiger partial charge is 0.444 e. The fourth-order valence-corrected chi connectivity index (χ4v) is 3.93. The molecule has 10 nitrogen and oxygen atoms in total. The van der Waals surface area contributed by atoms with E-state index in [9.17, 15) is 14.4 Å². The van der Waals surface area contributed by atoms with Crippen LogP contribution in [0.2, 0.25) is 0 Å². The summed E-state index contributed by atoms with van der Waals surface area (Å²) in [5, 5.41) is 0. The lowest BCUT2D eigenvalue weighted by Crippen LogP contribution is -2.52. The van der Waals surface area contributed by atoms with Crippen LogP contribution in [0.15, 0.2) is 12.2 Å². The third-order valence-electron chi connectivity index (χ3n) is 6.04. The lowest BCUT2D eigenvalue weighted by molar-refractivity contribution is -0.122. The lowest BCUT2D eigenvalue weighted by Gasteiger charge is -2.37. The maximum Gasteiger partial charge on any atom is 0.411 e. The fraction of sp³-hybridized carbons (Fsp3) is 0.833. The summed E-state index contributed by atoms with van der Waals surface area (Å²) in [5.41, 5.74) is -1.07. The van der Waals surface area contributed by atoms with Crippen LogP contribution in [0.4, 0.5) is 9.59 Å². The summed E-state index contributed by atoms with van der Waals surface area (Å²) in [6, 6.07) is 0. The summed E-state index contributed by atoms with van der Waals surface area (Å²) in [7, 11) is 0. The molecule has 0 bridgehead atoms. The minimum absolute atomic E-state index is 0.0436. The van der Waals surface area contributed by atoms with Crippen molar-refractivity contribution < 1.29 is 38.1 Å². The van der Waals surface area contributed by atoms with E-state index in [2.05, 4.69) is 13.5 Å². The Balaban J connectivity index is 0.000000331. The molecule has 0 aromatic rings. The van der Waals surface area contributed by atoms with Crippen LogP contribution in [0.1, 0.15) is 89.0 Å². The Bertz CT molecular complexity index is 800. The molecule has 0 aromatic heterocycles. The summed E-state index contributed by atoms with van der Waals surface area (Å²) in [5.74, 6) is -0.110. The molecule has 0 N–H and O–H groups in total. The Morgan fingerprint density at radius 3 is 1.68 bits per heavy atom. The molecule has 3 fully saturated rings. The van der Waals surface area contributed by atoms with Crippen LogP contribution in [0, 0.1) is 0 Å². The minimum atomic E-state index is -0.566. The highest BCUT2D eigenvalue weighted by Gasteiger charge is 2.38. The number of Topliss-reactive ketones (excluding diaryl/α,β-unsaturated/α-hetero) is 1. The van der Waals surface area contributed by atoms with E-state index >= 15 is 0 Å². The first kappa shape index (κ1) is 35.9. The third-order valence-corrected chi connectivity index (χ3v) is 6.04. The molecule has 1 atom stereocenters. The zero-order valence-electron chi connectivity index (χ0n) is 26.8. The lowest BCUT2D eigenvalue weighted by atomic mass is 10.0. The highest BCUT2D eigenvalue weighted by Crippen LogP contribution is 2.24. The number of ketones is 1. The maximum absolute atomic E-state index is 12.1. The molecule has 3 rings (SSSR count). The number of ether oxygens (including phenoxy) is 5. The highest BCUT2D eigenvalue weighted by atomic mass is 16.6. The van der Waals surface area contributed by atoms with E-state index in [-0.39, 0.29) is 30.6 Å². The standard InChI is InChI=1S/C13H23NO3.C12H21NO4.C5H10O/c1-10-7-14(11(15)17-12(2,3)4)13(5,6)9-16-8-10;1-11(2,3)17-10(15)13-6-9(14)7-16-8-12(13,4)5;1-5-3-2-4-6-5/h1,7-9H2,2-6H3;6-8H2,1-5H3;5H,2-4H2,1H3. The molecule has 0 aliphatic carbocycles. The van der Waals surface area contributed by atoms with Gasteiger partial charge >= 0.3 is 12.2 Å². The van der Waals surface area contributed by atoms with Crippen molar-refractivity contribution in [1.29, 1.82) is 0 Å². The molecule has 232 valence electrons. The zero-order valence-corrected chi connectivity index (χ0v) is 26.8. The number of carbonyl (C=O) groups excluding carboxylic acids is 3. The van der Waals surface area contributed by atoms with Gasteiger partial charge in [-0.3, -0.25) is 14.6 Å². The van der Waals surface area contributed by atoms with Gasteiger partial charge in [0.1, 0.15) is 17.8 Å². The number of carbonyl (C=O) groups is 3. The van der Waals surface area contributed by atoms with Crippen LogP contribution in [0.5, 0.6) is 0 Å². The maximum atomic E-state index is 12.1. The zero-order chi connectivity index (χ0) is 30.9. The summed E-state index contributed by atoms with van der Waals surface area (Å²) in [6.45, 7) is 27.5. The Hall–Kier alpha value is -2.17. The highest BCUT2D eigenvalue weighted by molar-refractivity contribution is 5.85. The topological polar surface area (TPSA) is 104 Å². The molecule has 0 aromatic carbocycles. The average Bonchev–Trinajstić information content (AvgIpc) is 3.13. The summed E-state index contributed by atoms with van der Waals surface area (Å²) < 4.78 is 26.6. The molecular formula is C30H54N2O8. The molecule has 0 spiro atoms. The molecule has 40 heavy (non-hydrogen) atoms. The Morgan fingerprint density at radius 1 is 0.850 bits per heavy atom. The van der Waals surface area contributed by atoms with Crippen molar-refractivity contribution in [2.45, 2.75) is 117 Å². The van der Waals surface area contributed by atoms with Crippen LogP contribution in [0.25, 0.3) is 0 Å². The van der Waals surface area contributed by atoms with Gasteiger partial charge in [0.2, 0.25) is 0 Å². The predicted molar refractivity (Wildman–Crippen MR) is 154 cm³/mol. The Labute approximate surface area is 241 Å². The molecule has 10 heteroatoms. The second-order valence-corrected chi connectivity index (χ2v) is 13.9. The molecule has 3 saturated heterocycles. The van der Waals surface area contributed by atoms with Crippen LogP contribution < -0.4 is 0 Å². The summed E-state index contributed by atoms with van der Waals surface area (Å²) in [6.07, 6.45) is 2.29. The fourth-order valence-electron chi connectivity index (χ4n) is 3.93. The van der Waals surface area contributed by atoms with Gasteiger partial charge in [0.05, 0.1) is 43.5 Å². The molecule has 1 unspecified atom stereocenters. The van der Waals surface area contributed by atoms with E-state index < -0.39 is 22.8 Å². The predicted octanol–water partition coefficient (Wildman–Crippen LogP) is 5.38. The monoisotopic (exact) mass is 570 g/mol. The van der Waals surface area contributed by atoms with Crippen molar-refractivity contribution >= 4 is 18.0 Å². The van der Waals surface area contributed by atoms with Crippen LogP contribution >= 0.6 is 0 Å². The number of hydrogen-bond donors (Lipinski definition) is 0. The quantitative estimate of drug-likeness (QED) is 0.358. The SMILES string of the molecule is C=C1COCC(C)(C)N(C(=O)OC(C)(C)C)C1.CC(C)(C)OC(=O)N1CC(=O)COCC1(C)C.CC1CCCO1. The van der Waals surface area contributed by atoms with Crippen molar-refractivity contribution in [1.82, 2.24) is 9.80 Å².